The van der Waals surface area contributed by atoms with Gasteiger partial charge in [-0.3, -0.25) is 0 Å². The van der Waals surface area contributed by atoms with Crippen LogP contribution in [0.1, 0.15) is 71.1 Å². The summed E-state index contributed by atoms with van der Waals surface area (Å²) in [4.78, 5) is 0. The van der Waals surface area contributed by atoms with Crippen molar-refractivity contribution in [1.82, 2.24) is 5.32 Å². The number of nitrogens with one attached hydrogen (secondary N) is 1. The minimum Gasteiger partial charge on any atom is -0.381 e. The van der Waals surface area contributed by atoms with Crippen molar-refractivity contribution in [2.24, 2.45) is 5.92 Å². The van der Waals surface area contributed by atoms with E-state index in [1.54, 1.807) is 0 Å². The molecule has 0 amide bonds. The van der Waals surface area contributed by atoms with Gasteiger partial charge in [-0.25, -0.2) is 0 Å². The Morgan fingerprint density at radius 2 is 1.94 bits per heavy atom. The molecule has 2 nitrogen and oxygen atoms in total. The van der Waals surface area contributed by atoms with E-state index in [4.69, 9.17) is 4.74 Å². The van der Waals surface area contributed by atoms with E-state index in [0.29, 0.717) is 5.54 Å². The predicted octanol–water partition coefficient (Wildman–Crippen LogP) is 3.90. The predicted molar refractivity (Wildman–Crippen MR) is 76.9 cm³/mol. The molecule has 2 aliphatic rings. The van der Waals surface area contributed by atoms with Crippen LogP contribution in [0.2, 0.25) is 0 Å². The van der Waals surface area contributed by atoms with Crippen LogP contribution in [0.3, 0.4) is 0 Å². The molecular formula is C16H31NO. The molecule has 106 valence electrons. The standard InChI is InChI=1S/C16H31NO/c1-16(10-4-2-6-12-17-16)11-5-3-7-15-8-13-18-14-9-15/h15,17H,2-14H2,1H3. The minimum absolute atomic E-state index is 0.437. The lowest BCUT2D eigenvalue weighted by Gasteiger charge is -2.30. The molecule has 0 aliphatic carbocycles. The molecule has 1 unspecified atom stereocenters. The Labute approximate surface area is 113 Å². The van der Waals surface area contributed by atoms with Crippen LogP contribution in [0, 0.1) is 5.92 Å². The van der Waals surface area contributed by atoms with E-state index in [1.165, 1.54) is 70.8 Å². The molecule has 0 spiro atoms. The van der Waals surface area contributed by atoms with Crippen molar-refractivity contribution >= 4 is 0 Å². The van der Waals surface area contributed by atoms with E-state index in [1.807, 2.05) is 0 Å². The smallest absolute Gasteiger partial charge is 0.0468 e. The van der Waals surface area contributed by atoms with Crippen LogP contribution in [0.15, 0.2) is 0 Å². The van der Waals surface area contributed by atoms with Crippen LogP contribution in [0.4, 0.5) is 0 Å². The fourth-order valence-corrected chi connectivity index (χ4v) is 3.49. The molecule has 0 bridgehead atoms. The topological polar surface area (TPSA) is 21.3 Å². The van der Waals surface area contributed by atoms with E-state index in [2.05, 4.69) is 12.2 Å². The van der Waals surface area contributed by atoms with E-state index in [-0.39, 0.29) is 0 Å². The summed E-state index contributed by atoms with van der Waals surface area (Å²) in [6.07, 6.45) is 13.8. The normalized spacial score (nSPS) is 31.2. The maximum Gasteiger partial charge on any atom is 0.0468 e. The molecule has 2 heterocycles. The van der Waals surface area contributed by atoms with Gasteiger partial charge in [-0.15, -0.1) is 0 Å². The third kappa shape index (κ3) is 4.89. The van der Waals surface area contributed by atoms with Crippen molar-refractivity contribution in [2.75, 3.05) is 19.8 Å². The summed E-state index contributed by atoms with van der Waals surface area (Å²) in [5.41, 5.74) is 0.437. The molecule has 0 saturated carbocycles. The Kier molecular flexibility index (Phi) is 5.97. The Morgan fingerprint density at radius 1 is 1.11 bits per heavy atom. The van der Waals surface area contributed by atoms with Gasteiger partial charge in [0.2, 0.25) is 0 Å². The van der Waals surface area contributed by atoms with Crippen molar-refractivity contribution in [2.45, 2.75) is 76.7 Å². The fourth-order valence-electron chi connectivity index (χ4n) is 3.49. The molecular weight excluding hydrogens is 222 g/mol. The summed E-state index contributed by atoms with van der Waals surface area (Å²) in [5.74, 6) is 0.952. The third-order valence-electron chi connectivity index (χ3n) is 4.89. The van der Waals surface area contributed by atoms with Crippen molar-refractivity contribution < 1.29 is 4.74 Å². The molecule has 2 fully saturated rings. The van der Waals surface area contributed by atoms with Crippen LogP contribution >= 0.6 is 0 Å². The van der Waals surface area contributed by atoms with Gasteiger partial charge in [-0.05, 0) is 51.5 Å². The first-order chi connectivity index (χ1) is 8.79. The van der Waals surface area contributed by atoms with Crippen LogP contribution in [-0.2, 0) is 4.74 Å². The van der Waals surface area contributed by atoms with Gasteiger partial charge in [-0.2, -0.15) is 0 Å². The molecule has 2 saturated heterocycles. The number of hydrogen-bond acceptors (Lipinski definition) is 2. The minimum atomic E-state index is 0.437. The van der Waals surface area contributed by atoms with Gasteiger partial charge in [0.15, 0.2) is 0 Å². The van der Waals surface area contributed by atoms with E-state index < -0.39 is 0 Å². The Morgan fingerprint density at radius 3 is 2.78 bits per heavy atom. The van der Waals surface area contributed by atoms with Gasteiger partial charge in [0.1, 0.15) is 0 Å². The summed E-state index contributed by atoms with van der Waals surface area (Å²) < 4.78 is 5.42. The molecule has 2 heteroatoms. The van der Waals surface area contributed by atoms with Crippen LogP contribution in [0.25, 0.3) is 0 Å². The average Bonchev–Trinajstić information content (AvgIpc) is 2.61. The SMILES string of the molecule is CC1(CCCCC2CCOCC2)CCCCCN1. The molecule has 1 atom stereocenters. The van der Waals surface area contributed by atoms with Crippen LogP contribution in [-0.4, -0.2) is 25.3 Å². The fraction of sp³-hybridized carbons (Fsp3) is 1.00. The summed E-state index contributed by atoms with van der Waals surface area (Å²) in [5, 5.41) is 3.78. The van der Waals surface area contributed by atoms with Crippen molar-refractivity contribution in [3.8, 4) is 0 Å². The maximum atomic E-state index is 5.42. The van der Waals surface area contributed by atoms with E-state index in [9.17, 15) is 0 Å². The third-order valence-corrected chi connectivity index (χ3v) is 4.89. The van der Waals surface area contributed by atoms with Crippen LogP contribution < -0.4 is 5.32 Å². The molecule has 0 aromatic carbocycles. The van der Waals surface area contributed by atoms with E-state index >= 15 is 0 Å². The average molecular weight is 253 g/mol. The summed E-state index contributed by atoms with van der Waals surface area (Å²) >= 11 is 0. The zero-order valence-electron chi connectivity index (χ0n) is 12.2. The van der Waals surface area contributed by atoms with E-state index in [0.717, 1.165) is 19.1 Å². The largest absolute Gasteiger partial charge is 0.381 e. The first kappa shape index (κ1) is 14.3. The van der Waals surface area contributed by atoms with Gasteiger partial charge in [0, 0.05) is 18.8 Å². The molecule has 1 N–H and O–H groups in total. The number of ether oxygens (including phenoxy) is 1. The number of hydrogen-bond donors (Lipinski definition) is 1. The highest BCUT2D eigenvalue weighted by Gasteiger charge is 2.24. The highest BCUT2D eigenvalue weighted by molar-refractivity contribution is 4.84. The molecule has 0 radical (unpaired) electrons. The molecule has 18 heavy (non-hydrogen) atoms. The Bertz CT molecular complexity index is 215. The maximum absolute atomic E-state index is 5.42. The Balaban J connectivity index is 1.58. The van der Waals surface area contributed by atoms with Gasteiger partial charge < -0.3 is 10.1 Å². The Hall–Kier alpha value is -0.0800. The zero-order chi connectivity index (χ0) is 12.7. The first-order valence-corrected chi connectivity index (χ1v) is 8.11. The highest BCUT2D eigenvalue weighted by atomic mass is 16.5. The second-order valence-corrected chi connectivity index (χ2v) is 6.60. The summed E-state index contributed by atoms with van der Waals surface area (Å²) in [7, 11) is 0. The second-order valence-electron chi connectivity index (χ2n) is 6.60. The quantitative estimate of drug-likeness (QED) is 0.750. The van der Waals surface area contributed by atoms with Crippen molar-refractivity contribution in [3.05, 3.63) is 0 Å². The molecule has 0 aromatic heterocycles. The van der Waals surface area contributed by atoms with Crippen molar-refractivity contribution in [3.63, 3.8) is 0 Å². The number of rotatable bonds is 5. The van der Waals surface area contributed by atoms with Crippen LogP contribution in [0.5, 0.6) is 0 Å². The summed E-state index contributed by atoms with van der Waals surface area (Å²) in [6.45, 7) is 5.68. The molecule has 2 rings (SSSR count). The molecule has 0 aromatic rings. The highest BCUT2D eigenvalue weighted by Crippen LogP contribution is 2.26. The lowest BCUT2D eigenvalue weighted by atomic mass is 9.87. The first-order valence-electron chi connectivity index (χ1n) is 8.11. The van der Waals surface area contributed by atoms with Gasteiger partial charge in [0.25, 0.3) is 0 Å². The summed E-state index contributed by atoms with van der Waals surface area (Å²) in [6, 6.07) is 0. The van der Waals surface area contributed by atoms with Crippen molar-refractivity contribution in [1.29, 1.82) is 0 Å². The van der Waals surface area contributed by atoms with Gasteiger partial charge in [-0.1, -0.05) is 32.1 Å². The lowest BCUT2D eigenvalue weighted by molar-refractivity contribution is 0.0629. The second kappa shape index (κ2) is 7.49. The lowest BCUT2D eigenvalue weighted by Crippen LogP contribution is -2.41. The zero-order valence-corrected chi connectivity index (χ0v) is 12.2. The molecule has 2 aliphatic heterocycles. The monoisotopic (exact) mass is 253 g/mol. The number of unbranched alkanes of at least 4 members (excludes halogenated alkanes) is 1. The van der Waals surface area contributed by atoms with Gasteiger partial charge >= 0.3 is 0 Å². The van der Waals surface area contributed by atoms with Gasteiger partial charge in [0.05, 0.1) is 0 Å².